The molecule has 0 aliphatic rings. The summed E-state index contributed by atoms with van der Waals surface area (Å²) in [5, 5.41) is 0.299. The third-order valence-electron chi connectivity index (χ3n) is 2.16. The molecule has 17 heavy (non-hydrogen) atoms. The highest BCUT2D eigenvalue weighted by Crippen LogP contribution is 2.31. The van der Waals surface area contributed by atoms with Gasteiger partial charge in [0.15, 0.2) is 11.6 Å². The Hall–Kier alpha value is -1.32. The van der Waals surface area contributed by atoms with Crippen molar-refractivity contribution in [3.05, 3.63) is 52.0 Å². The Bertz CT molecular complexity index is 560. The van der Waals surface area contributed by atoms with Gasteiger partial charge < -0.3 is 4.74 Å². The second-order valence-corrected chi connectivity index (χ2v) is 4.22. The second kappa shape index (κ2) is 4.90. The maximum absolute atomic E-state index is 13.6. The summed E-state index contributed by atoms with van der Waals surface area (Å²) < 4.78 is 19.0. The molecule has 5 heteroatoms. The normalized spacial score (nSPS) is 10.4. The zero-order valence-electron chi connectivity index (χ0n) is 8.88. The summed E-state index contributed by atoms with van der Waals surface area (Å²) in [6, 6.07) is 6.08. The summed E-state index contributed by atoms with van der Waals surface area (Å²) in [5.41, 5.74) is 0.758. The van der Waals surface area contributed by atoms with Crippen LogP contribution in [0.3, 0.4) is 0 Å². The lowest BCUT2D eigenvalue weighted by Crippen LogP contribution is -1.92. The maximum atomic E-state index is 13.6. The highest BCUT2D eigenvalue weighted by Gasteiger charge is 2.10. The Morgan fingerprint density at radius 3 is 2.76 bits per heavy atom. The van der Waals surface area contributed by atoms with Gasteiger partial charge in [0.25, 0.3) is 0 Å². The molecule has 0 saturated heterocycles. The molecule has 2 rings (SSSR count). The van der Waals surface area contributed by atoms with Gasteiger partial charge in [0, 0.05) is 17.8 Å². The fraction of sp³-hybridized carbons (Fsp3) is 0.0833. The zero-order chi connectivity index (χ0) is 12.4. The van der Waals surface area contributed by atoms with Crippen LogP contribution in [0.5, 0.6) is 11.5 Å². The number of aryl methyl sites for hydroxylation is 1. The van der Waals surface area contributed by atoms with Gasteiger partial charge in [-0.05, 0) is 19.1 Å². The first-order valence-corrected chi connectivity index (χ1v) is 5.57. The number of pyridine rings is 1. The average Bonchev–Trinajstić information content (AvgIpc) is 2.30. The number of rotatable bonds is 2. The number of hydrogen-bond acceptors (Lipinski definition) is 2. The van der Waals surface area contributed by atoms with Crippen LogP contribution in [0.25, 0.3) is 0 Å². The molecule has 0 saturated carbocycles. The SMILES string of the molecule is Cc1cnc(Cl)cc1Oc1cccc(Cl)c1F. The van der Waals surface area contributed by atoms with E-state index in [1.807, 2.05) is 0 Å². The largest absolute Gasteiger partial charge is 0.454 e. The summed E-state index contributed by atoms with van der Waals surface area (Å²) in [5.74, 6) is -0.0875. The van der Waals surface area contributed by atoms with Crippen LogP contribution in [0.1, 0.15) is 5.56 Å². The molecule has 0 aliphatic carbocycles. The molecular weight excluding hydrogens is 264 g/mol. The van der Waals surface area contributed by atoms with E-state index in [0.29, 0.717) is 5.75 Å². The van der Waals surface area contributed by atoms with E-state index >= 15 is 0 Å². The number of hydrogen-bond donors (Lipinski definition) is 0. The Balaban J connectivity index is 2.38. The average molecular weight is 272 g/mol. The van der Waals surface area contributed by atoms with Gasteiger partial charge >= 0.3 is 0 Å². The number of aromatic nitrogens is 1. The molecule has 2 nitrogen and oxygen atoms in total. The number of halogens is 3. The lowest BCUT2D eigenvalue weighted by Gasteiger charge is -2.09. The van der Waals surface area contributed by atoms with Gasteiger partial charge in [-0.15, -0.1) is 0 Å². The van der Waals surface area contributed by atoms with E-state index in [1.165, 1.54) is 18.2 Å². The van der Waals surface area contributed by atoms with Crippen molar-refractivity contribution in [3.8, 4) is 11.5 Å². The van der Waals surface area contributed by atoms with Crippen LogP contribution >= 0.6 is 23.2 Å². The molecule has 0 amide bonds. The monoisotopic (exact) mass is 271 g/mol. The van der Waals surface area contributed by atoms with Crippen LogP contribution in [0, 0.1) is 12.7 Å². The van der Waals surface area contributed by atoms with Crippen molar-refractivity contribution < 1.29 is 9.13 Å². The standard InChI is InChI=1S/C12H8Cl2FNO/c1-7-6-16-11(14)5-10(7)17-9-4-2-3-8(13)12(9)15/h2-6H,1H3. The molecule has 0 spiro atoms. The molecule has 0 aliphatic heterocycles. The van der Waals surface area contributed by atoms with E-state index in [9.17, 15) is 4.39 Å². The van der Waals surface area contributed by atoms with Crippen LogP contribution in [0.15, 0.2) is 30.5 Å². The first-order valence-electron chi connectivity index (χ1n) is 4.82. The van der Waals surface area contributed by atoms with Gasteiger partial charge in [-0.2, -0.15) is 0 Å². The van der Waals surface area contributed by atoms with Crippen molar-refractivity contribution in [1.29, 1.82) is 0 Å². The molecule has 0 N–H and O–H groups in total. The number of ether oxygens (including phenoxy) is 1. The van der Waals surface area contributed by atoms with Gasteiger partial charge in [-0.1, -0.05) is 29.3 Å². The summed E-state index contributed by atoms with van der Waals surface area (Å²) in [7, 11) is 0. The molecule has 0 unspecified atom stereocenters. The Morgan fingerprint density at radius 1 is 1.24 bits per heavy atom. The van der Waals surface area contributed by atoms with Crippen LogP contribution < -0.4 is 4.74 Å². The zero-order valence-corrected chi connectivity index (χ0v) is 10.4. The van der Waals surface area contributed by atoms with Crippen molar-refractivity contribution >= 4 is 23.2 Å². The van der Waals surface area contributed by atoms with Gasteiger partial charge in [0.05, 0.1) is 5.02 Å². The topological polar surface area (TPSA) is 22.1 Å². The van der Waals surface area contributed by atoms with Crippen molar-refractivity contribution in [2.45, 2.75) is 6.92 Å². The van der Waals surface area contributed by atoms with Gasteiger partial charge in [-0.3, -0.25) is 0 Å². The third kappa shape index (κ3) is 2.68. The third-order valence-corrected chi connectivity index (χ3v) is 2.66. The van der Waals surface area contributed by atoms with E-state index in [2.05, 4.69) is 4.98 Å². The molecule has 0 fully saturated rings. The fourth-order valence-corrected chi connectivity index (χ4v) is 1.59. The van der Waals surface area contributed by atoms with Crippen LogP contribution in [-0.4, -0.2) is 4.98 Å². The van der Waals surface area contributed by atoms with Crippen LogP contribution in [0.4, 0.5) is 4.39 Å². The minimum Gasteiger partial charge on any atom is -0.454 e. The van der Waals surface area contributed by atoms with E-state index < -0.39 is 5.82 Å². The summed E-state index contributed by atoms with van der Waals surface area (Å²) in [6.07, 6.45) is 1.56. The molecule has 2 aromatic rings. The fourth-order valence-electron chi connectivity index (χ4n) is 1.27. The highest BCUT2D eigenvalue weighted by atomic mass is 35.5. The molecule has 1 aromatic heterocycles. The van der Waals surface area contributed by atoms with E-state index in [-0.39, 0.29) is 15.9 Å². The van der Waals surface area contributed by atoms with Crippen molar-refractivity contribution in [1.82, 2.24) is 4.98 Å². The Kier molecular flexibility index (Phi) is 3.50. The van der Waals surface area contributed by atoms with Crippen LogP contribution in [-0.2, 0) is 0 Å². The summed E-state index contributed by atoms with van der Waals surface area (Å²) >= 11 is 11.4. The molecule has 0 bridgehead atoms. The molecule has 1 aromatic carbocycles. The van der Waals surface area contributed by atoms with Gasteiger partial charge in [-0.25, -0.2) is 9.37 Å². The minimum absolute atomic E-state index is 0.0142. The number of nitrogens with zero attached hydrogens (tertiary/aromatic N) is 1. The van der Waals surface area contributed by atoms with Crippen molar-refractivity contribution in [2.24, 2.45) is 0 Å². The van der Waals surface area contributed by atoms with Gasteiger partial charge in [0.2, 0.25) is 0 Å². The van der Waals surface area contributed by atoms with E-state index in [4.69, 9.17) is 27.9 Å². The quantitative estimate of drug-likeness (QED) is 0.743. The molecule has 0 radical (unpaired) electrons. The minimum atomic E-state index is -0.596. The summed E-state index contributed by atoms with van der Waals surface area (Å²) in [6.45, 7) is 1.79. The second-order valence-electron chi connectivity index (χ2n) is 3.43. The molecule has 0 atom stereocenters. The highest BCUT2D eigenvalue weighted by molar-refractivity contribution is 6.30. The van der Waals surface area contributed by atoms with Crippen molar-refractivity contribution in [3.63, 3.8) is 0 Å². The Morgan fingerprint density at radius 2 is 2.00 bits per heavy atom. The molecule has 88 valence electrons. The first-order chi connectivity index (χ1) is 8.08. The predicted molar refractivity (Wildman–Crippen MR) is 65.5 cm³/mol. The predicted octanol–water partition coefficient (Wildman–Crippen LogP) is 4.63. The van der Waals surface area contributed by atoms with Crippen LogP contribution in [0.2, 0.25) is 10.2 Å². The van der Waals surface area contributed by atoms with Gasteiger partial charge in [0.1, 0.15) is 10.9 Å². The van der Waals surface area contributed by atoms with E-state index in [1.54, 1.807) is 19.2 Å². The molecular formula is C12H8Cl2FNO. The lowest BCUT2D eigenvalue weighted by atomic mass is 10.3. The summed E-state index contributed by atoms with van der Waals surface area (Å²) in [4.78, 5) is 3.89. The smallest absolute Gasteiger partial charge is 0.184 e. The van der Waals surface area contributed by atoms with Crippen molar-refractivity contribution in [2.75, 3.05) is 0 Å². The van der Waals surface area contributed by atoms with E-state index in [0.717, 1.165) is 5.56 Å². The maximum Gasteiger partial charge on any atom is 0.184 e. The molecule has 1 heterocycles. The lowest BCUT2D eigenvalue weighted by molar-refractivity contribution is 0.439. The number of benzene rings is 1. The Labute approximate surface area is 108 Å². The first kappa shape index (κ1) is 12.1.